The van der Waals surface area contributed by atoms with E-state index in [1.54, 1.807) is 0 Å². The Morgan fingerprint density at radius 2 is 1.08 bits per heavy atom. The third kappa shape index (κ3) is 5.21. The normalized spacial score (nSPS) is 21.9. The van der Waals surface area contributed by atoms with Crippen LogP contribution in [0, 0.1) is 11.3 Å². The van der Waals surface area contributed by atoms with Crippen LogP contribution in [0.3, 0.4) is 0 Å². The van der Waals surface area contributed by atoms with Crippen LogP contribution in [0.4, 0.5) is 11.4 Å². The van der Waals surface area contributed by atoms with Gasteiger partial charge in [0.05, 0.1) is 16.9 Å². The van der Waals surface area contributed by atoms with E-state index in [-0.39, 0.29) is 16.7 Å². The molecule has 2 aliphatic carbocycles. The number of rotatable bonds is 5. The van der Waals surface area contributed by atoms with Gasteiger partial charge in [0, 0.05) is 37.6 Å². The summed E-state index contributed by atoms with van der Waals surface area (Å²) >= 11 is 0. The first-order chi connectivity index (χ1) is 18.1. The Bertz CT molecular complexity index is 1080. The molecule has 6 rings (SSSR count). The minimum absolute atomic E-state index is 0.163. The number of piperidine rings is 2. The molecule has 0 aromatic heterocycles. The molecule has 2 N–H and O–H groups in total. The number of hydrogen-bond donors (Lipinski definition) is 1. The second-order valence-corrected chi connectivity index (χ2v) is 11.5. The molecule has 0 bridgehead atoms. The van der Waals surface area contributed by atoms with Crippen molar-refractivity contribution in [3.63, 3.8) is 0 Å². The van der Waals surface area contributed by atoms with Gasteiger partial charge in [-0.05, 0) is 106 Å². The van der Waals surface area contributed by atoms with Gasteiger partial charge in [0.1, 0.15) is 0 Å². The summed E-state index contributed by atoms with van der Waals surface area (Å²) in [6.45, 7) is 4.67. The topological polar surface area (TPSA) is 73.4 Å². The molecule has 0 unspecified atom stereocenters. The van der Waals surface area contributed by atoms with Crippen molar-refractivity contribution in [3.8, 4) is 6.07 Å². The Kier molecular flexibility index (Phi) is 7.74. The van der Waals surface area contributed by atoms with Crippen molar-refractivity contribution in [2.75, 3.05) is 36.0 Å². The van der Waals surface area contributed by atoms with Crippen molar-refractivity contribution in [1.29, 1.82) is 5.26 Å². The summed E-state index contributed by atoms with van der Waals surface area (Å²) in [4.78, 5) is 16.6. The van der Waals surface area contributed by atoms with Gasteiger partial charge >= 0.3 is 0 Å². The van der Waals surface area contributed by atoms with Crippen LogP contribution in [-0.2, 0) is 15.6 Å². The van der Waals surface area contributed by atoms with Gasteiger partial charge in [-0.2, -0.15) is 5.26 Å². The van der Waals surface area contributed by atoms with Crippen LogP contribution in [0.25, 0.3) is 0 Å². The molecule has 2 aromatic rings. The van der Waals surface area contributed by atoms with Crippen LogP contribution in [0.1, 0.15) is 88.2 Å². The van der Waals surface area contributed by atoms with Crippen LogP contribution in [0.5, 0.6) is 0 Å². The van der Waals surface area contributed by atoms with E-state index >= 15 is 0 Å². The third-order valence-electron chi connectivity index (χ3n) is 9.38. The molecule has 2 saturated carbocycles. The van der Waals surface area contributed by atoms with E-state index in [9.17, 15) is 10.1 Å². The van der Waals surface area contributed by atoms with Gasteiger partial charge in [-0.25, -0.2) is 0 Å². The van der Waals surface area contributed by atoms with Crippen LogP contribution in [0.15, 0.2) is 48.5 Å². The molecule has 4 aliphatic rings. The Hall–Kier alpha value is -3.00. The van der Waals surface area contributed by atoms with E-state index in [4.69, 9.17) is 5.73 Å². The third-order valence-corrected chi connectivity index (χ3v) is 9.38. The molecule has 0 spiro atoms. The second kappa shape index (κ2) is 11.2. The van der Waals surface area contributed by atoms with Gasteiger partial charge in [0.25, 0.3) is 0 Å². The molecule has 0 atom stereocenters. The van der Waals surface area contributed by atoms with Crippen molar-refractivity contribution in [1.82, 2.24) is 0 Å². The highest BCUT2D eigenvalue weighted by atomic mass is 16.1. The Morgan fingerprint density at radius 1 is 0.649 bits per heavy atom. The minimum Gasteiger partial charge on any atom is -0.372 e. The number of nitrogens with zero attached hydrogens (tertiary/aromatic N) is 3. The zero-order chi connectivity index (χ0) is 25.7. The smallest absolute Gasteiger partial charge is 0.228 e. The molecule has 2 aliphatic heterocycles. The quantitative estimate of drug-likeness (QED) is 0.532. The van der Waals surface area contributed by atoms with Gasteiger partial charge in [-0.1, -0.05) is 30.7 Å². The first-order valence-corrected chi connectivity index (χ1v) is 14.5. The van der Waals surface area contributed by atoms with Gasteiger partial charge in [-0.15, -0.1) is 0 Å². The number of amides is 1. The van der Waals surface area contributed by atoms with Gasteiger partial charge in [0.15, 0.2) is 0 Å². The Balaban J connectivity index is 0.000000152. The fourth-order valence-electron chi connectivity index (χ4n) is 6.49. The maximum atomic E-state index is 11.7. The molecule has 2 aromatic carbocycles. The summed E-state index contributed by atoms with van der Waals surface area (Å²) in [6, 6.07) is 19.8. The van der Waals surface area contributed by atoms with E-state index in [1.807, 2.05) is 0 Å². The first kappa shape index (κ1) is 25.6. The van der Waals surface area contributed by atoms with Gasteiger partial charge in [-0.3, -0.25) is 4.79 Å². The minimum atomic E-state index is -0.375. The van der Waals surface area contributed by atoms with Crippen LogP contribution in [-0.4, -0.2) is 32.1 Å². The maximum Gasteiger partial charge on any atom is 0.228 e. The fourth-order valence-corrected chi connectivity index (χ4v) is 6.49. The summed E-state index contributed by atoms with van der Waals surface area (Å²) in [5.41, 5.74) is 9.98. The van der Waals surface area contributed by atoms with Crippen LogP contribution in [0.2, 0.25) is 0 Å². The molecule has 1 amide bonds. The lowest BCUT2D eigenvalue weighted by Gasteiger charge is -2.39. The molecule has 4 fully saturated rings. The second-order valence-electron chi connectivity index (χ2n) is 11.5. The molecule has 2 heterocycles. The highest BCUT2D eigenvalue weighted by molar-refractivity contribution is 5.87. The van der Waals surface area contributed by atoms with Crippen molar-refractivity contribution in [3.05, 3.63) is 59.7 Å². The highest BCUT2D eigenvalue weighted by Gasteiger charge is 2.44. The fraction of sp³-hybridized carbons (Fsp3) is 0.562. The van der Waals surface area contributed by atoms with E-state index in [1.165, 1.54) is 75.0 Å². The molecule has 5 heteroatoms. The molecule has 0 radical (unpaired) electrons. The number of anilines is 2. The molecular formula is C32H42N4O. The zero-order valence-electron chi connectivity index (χ0n) is 22.3. The Morgan fingerprint density at radius 3 is 1.41 bits per heavy atom. The Labute approximate surface area is 222 Å². The number of carbonyl (C=O) groups is 1. The summed E-state index contributed by atoms with van der Waals surface area (Å²) < 4.78 is 0. The number of benzene rings is 2. The molecule has 196 valence electrons. The summed E-state index contributed by atoms with van der Waals surface area (Å²) in [5.74, 6) is -0.163. The molecule has 5 nitrogen and oxygen atoms in total. The van der Waals surface area contributed by atoms with Crippen molar-refractivity contribution < 1.29 is 4.79 Å². The van der Waals surface area contributed by atoms with Crippen molar-refractivity contribution in [2.24, 2.45) is 5.73 Å². The molecular weight excluding hydrogens is 456 g/mol. The number of nitriles is 1. The summed E-state index contributed by atoms with van der Waals surface area (Å²) in [5, 5.41) is 9.35. The standard InChI is InChI=1S/C16H22N2O.C16H20N2/c17-15(19)16(9-4-10-16)13-5-7-14(8-6-13)18-11-2-1-3-12-18;17-13-16(9-4-10-16)14-5-7-15(8-6-14)18-11-2-1-3-12-18/h5-8H,1-4,9-12H2,(H2,17,19);5-8H,1-4,9-12H2. The van der Waals surface area contributed by atoms with E-state index in [2.05, 4.69) is 64.4 Å². The monoisotopic (exact) mass is 498 g/mol. The summed E-state index contributed by atoms with van der Waals surface area (Å²) in [7, 11) is 0. The lowest BCUT2D eigenvalue weighted by atomic mass is 9.64. The van der Waals surface area contributed by atoms with E-state index in [0.717, 1.165) is 50.8 Å². The van der Waals surface area contributed by atoms with E-state index in [0.29, 0.717) is 0 Å². The lowest BCUT2D eigenvalue weighted by molar-refractivity contribution is -0.126. The van der Waals surface area contributed by atoms with E-state index < -0.39 is 0 Å². The number of primary amides is 1. The lowest BCUT2D eigenvalue weighted by Crippen LogP contribution is -2.46. The number of hydrogen-bond acceptors (Lipinski definition) is 4. The number of carbonyl (C=O) groups excluding carboxylic acids is 1. The van der Waals surface area contributed by atoms with Crippen molar-refractivity contribution >= 4 is 17.3 Å². The average Bonchev–Trinajstić information content (AvgIpc) is 2.90. The largest absolute Gasteiger partial charge is 0.372 e. The predicted molar refractivity (Wildman–Crippen MR) is 151 cm³/mol. The van der Waals surface area contributed by atoms with Gasteiger partial charge < -0.3 is 15.5 Å². The first-order valence-electron chi connectivity index (χ1n) is 14.5. The molecule has 2 saturated heterocycles. The van der Waals surface area contributed by atoms with Crippen LogP contribution < -0.4 is 15.5 Å². The predicted octanol–water partition coefficient (Wildman–Crippen LogP) is 6.21. The van der Waals surface area contributed by atoms with Gasteiger partial charge in [0.2, 0.25) is 5.91 Å². The zero-order valence-corrected chi connectivity index (χ0v) is 22.3. The SMILES string of the molecule is N#CC1(c2ccc(N3CCCCC3)cc2)CCC1.NC(=O)C1(c2ccc(N3CCCCC3)cc2)CCC1. The van der Waals surface area contributed by atoms with Crippen LogP contribution >= 0.6 is 0 Å². The summed E-state index contributed by atoms with van der Waals surface area (Å²) in [6.07, 6.45) is 14.1. The highest BCUT2D eigenvalue weighted by Crippen LogP contribution is 2.44. The molecule has 37 heavy (non-hydrogen) atoms. The average molecular weight is 499 g/mol. The maximum absolute atomic E-state index is 11.7. The van der Waals surface area contributed by atoms with Crippen molar-refractivity contribution in [2.45, 2.75) is 87.9 Å². The number of nitrogens with two attached hydrogens (primary N) is 1.